The topological polar surface area (TPSA) is 95.9 Å². The van der Waals surface area contributed by atoms with Crippen molar-refractivity contribution < 1.29 is 31.9 Å². The Balaban J connectivity index is 3.07. The Hall–Kier alpha value is -1.42. The Kier molecular flexibility index (Phi) is 10.7. The lowest BCUT2D eigenvalue weighted by molar-refractivity contribution is -0.870. The van der Waals surface area contributed by atoms with Gasteiger partial charge in [0.25, 0.3) is 0 Å². The number of hydrogen-bond donors (Lipinski definition) is 0. The summed E-state index contributed by atoms with van der Waals surface area (Å²) in [5.41, 5.74) is 0.298. The third-order valence-electron chi connectivity index (χ3n) is 4.34. The van der Waals surface area contributed by atoms with E-state index in [-0.39, 0.29) is 11.3 Å². The molecule has 7 nitrogen and oxygen atoms in total. The van der Waals surface area contributed by atoms with Crippen molar-refractivity contribution in [2.75, 3.05) is 40.6 Å². The molecule has 0 unspecified atom stereocenters. The zero-order valence-corrected chi connectivity index (χ0v) is 20.4. The first-order valence-corrected chi connectivity index (χ1v) is 12.4. The lowest BCUT2D eigenvalue weighted by Gasteiger charge is -2.26. The second kappa shape index (κ2) is 12.0. The standard InChI is InChI=1S/C20H29Cl2FN2O5S/c1-25(2,3)12-6-5-7-17(26)30-18(16(13-23)24-20(27)19(21)22)14-8-10-15(11-9-14)31(4,28)29/h8-11,16,18-19H,5-7,12-13H2,1-4H3/t16-,18-/m1/s1. The van der Waals surface area contributed by atoms with Crippen molar-refractivity contribution in [3.63, 3.8) is 0 Å². The highest BCUT2D eigenvalue weighted by atomic mass is 35.5. The zero-order valence-electron chi connectivity index (χ0n) is 18.1. The molecule has 0 aliphatic heterocycles. The molecule has 0 spiro atoms. The molecule has 1 rings (SSSR count). The van der Waals surface area contributed by atoms with Gasteiger partial charge in [0.1, 0.15) is 17.6 Å². The van der Waals surface area contributed by atoms with Crippen LogP contribution in [0.4, 0.5) is 4.39 Å². The monoisotopic (exact) mass is 498 g/mol. The SMILES string of the molecule is C[N+](C)(C)CCCCC(=O)O[C@H](c1ccc(S(C)(=O)=O)cc1)[C@@H](CF)N=C([O-])C(Cl)Cl. The Bertz CT molecular complexity index is 855. The summed E-state index contributed by atoms with van der Waals surface area (Å²) in [5.74, 6) is -1.53. The minimum atomic E-state index is -3.45. The molecule has 0 aliphatic rings. The molecule has 1 aromatic carbocycles. The van der Waals surface area contributed by atoms with Crippen LogP contribution >= 0.6 is 23.2 Å². The van der Waals surface area contributed by atoms with Crippen LogP contribution < -0.4 is 5.11 Å². The van der Waals surface area contributed by atoms with E-state index in [1.165, 1.54) is 24.3 Å². The highest BCUT2D eigenvalue weighted by Gasteiger charge is 2.27. The number of halogens is 3. The van der Waals surface area contributed by atoms with E-state index in [1.54, 1.807) is 0 Å². The van der Waals surface area contributed by atoms with Crippen molar-refractivity contribution in [2.24, 2.45) is 4.99 Å². The molecule has 0 saturated carbocycles. The number of sulfone groups is 1. The van der Waals surface area contributed by atoms with Crippen LogP contribution in [0, 0.1) is 0 Å². The fourth-order valence-electron chi connectivity index (χ4n) is 2.73. The molecule has 0 N–H and O–H groups in total. The molecule has 31 heavy (non-hydrogen) atoms. The molecule has 0 saturated heterocycles. The highest BCUT2D eigenvalue weighted by Crippen LogP contribution is 2.27. The van der Waals surface area contributed by atoms with E-state index in [9.17, 15) is 22.7 Å². The Morgan fingerprint density at radius 2 is 1.77 bits per heavy atom. The molecular weight excluding hydrogens is 470 g/mol. The van der Waals surface area contributed by atoms with Crippen LogP contribution in [-0.4, -0.2) is 76.3 Å². The summed E-state index contributed by atoms with van der Waals surface area (Å²) in [6.45, 7) is -0.243. The largest absolute Gasteiger partial charge is 0.860 e. The molecule has 0 aromatic heterocycles. The summed E-state index contributed by atoms with van der Waals surface area (Å²) in [4.78, 5) is 14.6. The predicted octanol–water partition coefficient (Wildman–Crippen LogP) is 2.45. The van der Waals surface area contributed by atoms with Crippen molar-refractivity contribution in [3.05, 3.63) is 29.8 Å². The van der Waals surface area contributed by atoms with Gasteiger partial charge in [-0.2, -0.15) is 0 Å². The van der Waals surface area contributed by atoms with Crippen molar-refractivity contribution >= 4 is 44.9 Å². The minimum Gasteiger partial charge on any atom is -0.860 e. The summed E-state index contributed by atoms with van der Waals surface area (Å²) in [6, 6.07) is 4.05. The van der Waals surface area contributed by atoms with Crippen molar-refractivity contribution in [2.45, 2.75) is 41.1 Å². The number of carbonyl (C=O) groups is 1. The Labute approximate surface area is 193 Å². The van der Waals surface area contributed by atoms with Gasteiger partial charge in [-0.05, 0) is 36.4 Å². The van der Waals surface area contributed by atoms with E-state index < -0.39 is 45.4 Å². The molecule has 11 heteroatoms. The molecule has 176 valence electrons. The second-order valence-corrected chi connectivity index (χ2v) is 11.3. The van der Waals surface area contributed by atoms with Gasteiger partial charge in [-0.3, -0.25) is 9.79 Å². The number of rotatable bonds is 12. The number of benzene rings is 1. The maximum Gasteiger partial charge on any atom is 0.306 e. The third-order valence-corrected chi connectivity index (χ3v) is 5.84. The van der Waals surface area contributed by atoms with Crippen LogP contribution in [0.3, 0.4) is 0 Å². The molecule has 1 aromatic rings. The lowest BCUT2D eigenvalue weighted by Crippen LogP contribution is -2.35. The van der Waals surface area contributed by atoms with Crippen LogP contribution in [0.15, 0.2) is 34.2 Å². The van der Waals surface area contributed by atoms with Gasteiger partial charge in [-0.15, -0.1) is 0 Å². The number of esters is 1. The fraction of sp³-hybridized carbons (Fsp3) is 0.600. The summed E-state index contributed by atoms with van der Waals surface area (Å²) in [6.07, 6.45) is 1.30. The Morgan fingerprint density at radius 3 is 2.23 bits per heavy atom. The third kappa shape index (κ3) is 10.2. The van der Waals surface area contributed by atoms with E-state index in [2.05, 4.69) is 4.99 Å². The quantitative estimate of drug-likeness (QED) is 0.110. The molecule has 0 bridgehead atoms. The van der Waals surface area contributed by atoms with Crippen LogP contribution in [0.5, 0.6) is 0 Å². The van der Waals surface area contributed by atoms with Gasteiger partial charge >= 0.3 is 5.97 Å². The first-order valence-electron chi connectivity index (χ1n) is 9.63. The van der Waals surface area contributed by atoms with Crippen LogP contribution in [-0.2, 0) is 19.4 Å². The summed E-state index contributed by atoms with van der Waals surface area (Å²) < 4.78 is 43.3. The number of alkyl halides is 3. The van der Waals surface area contributed by atoms with E-state index in [0.717, 1.165) is 23.7 Å². The summed E-state index contributed by atoms with van der Waals surface area (Å²) >= 11 is 11.0. The summed E-state index contributed by atoms with van der Waals surface area (Å²) in [5, 5.41) is 11.8. The first-order chi connectivity index (χ1) is 14.2. The average molecular weight is 499 g/mol. The molecule has 0 amide bonds. The van der Waals surface area contributed by atoms with E-state index in [0.29, 0.717) is 12.0 Å². The number of nitrogens with zero attached hydrogens (tertiary/aromatic N) is 2. The van der Waals surface area contributed by atoms with Gasteiger partial charge in [0.15, 0.2) is 15.9 Å². The van der Waals surface area contributed by atoms with E-state index >= 15 is 0 Å². The number of aliphatic imine (C=N–C) groups is 1. The van der Waals surface area contributed by atoms with Gasteiger partial charge in [-0.25, -0.2) is 12.8 Å². The first kappa shape index (κ1) is 27.6. The normalized spacial score (nSPS) is 15.0. The fourth-order valence-corrected chi connectivity index (χ4v) is 3.48. The van der Waals surface area contributed by atoms with Crippen molar-refractivity contribution in [1.29, 1.82) is 0 Å². The highest BCUT2D eigenvalue weighted by molar-refractivity contribution is 7.90. The van der Waals surface area contributed by atoms with Gasteiger partial charge in [0, 0.05) is 12.7 Å². The lowest BCUT2D eigenvalue weighted by atomic mass is 10.0. The molecule has 0 heterocycles. The zero-order chi connectivity index (χ0) is 23.8. The van der Waals surface area contributed by atoms with Crippen molar-refractivity contribution in [1.82, 2.24) is 0 Å². The number of hydrogen-bond acceptors (Lipinski definition) is 6. The molecule has 2 atom stereocenters. The maximum absolute atomic E-state index is 13.8. The number of carbonyl (C=O) groups excluding carboxylic acids is 1. The molecule has 0 fully saturated rings. The van der Waals surface area contributed by atoms with Gasteiger partial charge in [0.05, 0.1) is 32.6 Å². The van der Waals surface area contributed by atoms with Crippen LogP contribution in [0.2, 0.25) is 0 Å². The molecule has 0 radical (unpaired) electrons. The average Bonchev–Trinajstić information content (AvgIpc) is 2.66. The smallest absolute Gasteiger partial charge is 0.306 e. The Morgan fingerprint density at radius 1 is 1.19 bits per heavy atom. The second-order valence-electron chi connectivity index (χ2n) is 8.21. The maximum atomic E-state index is 13.8. The van der Waals surface area contributed by atoms with Gasteiger partial charge < -0.3 is 14.3 Å². The van der Waals surface area contributed by atoms with Crippen LogP contribution in [0.1, 0.15) is 30.9 Å². The van der Waals surface area contributed by atoms with E-state index in [4.69, 9.17) is 27.9 Å². The minimum absolute atomic E-state index is 0.0491. The van der Waals surface area contributed by atoms with E-state index in [1.807, 2.05) is 21.1 Å². The molecular formula is C20H29Cl2FN2O5S. The number of unbranched alkanes of at least 4 members (excludes halogenated alkanes) is 1. The number of ether oxygens (including phenoxy) is 1. The predicted molar refractivity (Wildman–Crippen MR) is 118 cm³/mol. The van der Waals surface area contributed by atoms with Crippen LogP contribution in [0.25, 0.3) is 0 Å². The van der Waals surface area contributed by atoms with Crippen molar-refractivity contribution in [3.8, 4) is 0 Å². The number of quaternary nitrogens is 1. The molecule has 0 aliphatic carbocycles. The van der Waals surface area contributed by atoms with Gasteiger partial charge in [0.2, 0.25) is 0 Å². The summed E-state index contributed by atoms with van der Waals surface area (Å²) in [7, 11) is 2.68. The van der Waals surface area contributed by atoms with Gasteiger partial charge in [-0.1, -0.05) is 35.3 Å².